The van der Waals surface area contributed by atoms with E-state index in [2.05, 4.69) is 6.92 Å². The Labute approximate surface area is 96.1 Å². The lowest BCUT2D eigenvalue weighted by Crippen LogP contribution is -2.05. The molecule has 0 fully saturated rings. The molecule has 0 unspecified atom stereocenters. The van der Waals surface area contributed by atoms with E-state index in [-0.39, 0.29) is 5.56 Å². The van der Waals surface area contributed by atoms with Crippen LogP contribution in [0.15, 0.2) is 18.2 Å². The number of para-hydroxylation sites is 1. The van der Waals surface area contributed by atoms with Crippen LogP contribution in [0.4, 0.5) is 0 Å². The predicted molar refractivity (Wildman–Crippen MR) is 63.2 cm³/mol. The topological polar surface area (TPSA) is 46.5 Å². The fraction of sp³-hybridized carbons (Fsp3) is 0.462. The molecule has 16 heavy (non-hydrogen) atoms. The number of benzene rings is 1. The number of carboxylic acids is 1. The summed E-state index contributed by atoms with van der Waals surface area (Å²) in [4.78, 5) is 11.0. The van der Waals surface area contributed by atoms with Crippen molar-refractivity contribution in [1.29, 1.82) is 0 Å². The summed E-state index contributed by atoms with van der Waals surface area (Å²) in [6.45, 7) is 4.57. The normalized spacial score (nSPS) is 10.1. The van der Waals surface area contributed by atoms with E-state index in [1.54, 1.807) is 12.1 Å². The molecule has 0 aliphatic rings. The van der Waals surface area contributed by atoms with Gasteiger partial charge in [-0.1, -0.05) is 31.9 Å². The first-order valence-electron chi connectivity index (χ1n) is 5.62. The van der Waals surface area contributed by atoms with Crippen molar-refractivity contribution >= 4 is 5.97 Å². The maximum atomic E-state index is 11.0. The highest BCUT2D eigenvalue weighted by atomic mass is 16.5. The van der Waals surface area contributed by atoms with Gasteiger partial charge in [0.25, 0.3) is 0 Å². The molecule has 3 nitrogen and oxygen atoms in total. The summed E-state index contributed by atoms with van der Waals surface area (Å²) in [5.41, 5.74) is 1.12. The number of ether oxygens (including phenoxy) is 1. The largest absolute Gasteiger partial charge is 0.492 e. The molecule has 0 radical (unpaired) electrons. The molecule has 0 amide bonds. The molecule has 0 saturated heterocycles. The molecular formula is C13H18O3. The summed E-state index contributed by atoms with van der Waals surface area (Å²) in [6, 6.07) is 5.17. The van der Waals surface area contributed by atoms with Crippen molar-refractivity contribution in [3.8, 4) is 5.75 Å². The molecule has 0 heterocycles. The second kappa shape index (κ2) is 6.16. The Hall–Kier alpha value is -1.51. The SMILES string of the molecule is CCCCCOc1c(C)cccc1C(=O)O. The summed E-state index contributed by atoms with van der Waals surface area (Å²) in [5, 5.41) is 9.01. The van der Waals surface area contributed by atoms with E-state index in [9.17, 15) is 4.79 Å². The summed E-state index contributed by atoms with van der Waals surface area (Å²) < 4.78 is 5.55. The number of aryl methyl sites for hydroxylation is 1. The number of unbranched alkanes of at least 4 members (excludes halogenated alkanes) is 2. The first-order chi connectivity index (χ1) is 7.66. The monoisotopic (exact) mass is 222 g/mol. The molecule has 0 bridgehead atoms. The summed E-state index contributed by atoms with van der Waals surface area (Å²) in [6.07, 6.45) is 3.20. The third kappa shape index (κ3) is 3.26. The molecule has 0 aliphatic carbocycles. The van der Waals surface area contributed by atoms with Gasteiger partial charge in [-0.2, -0.15) is 0 Å². The highest BCUT2D eigenvalue weighted by Crippen LogP contribution is 2.23. The van der Waals surface area contributed by atoms with Crippen LogP contribution in [-0.2, 0) is 0 Å². The molecular weight excluding hydrogens is 204 g/mol. The number of hydrogen-bond acceptors (Lipinski definition) is 2. The minimum Gasteiger partial charge on any atom is -0.492 e. The summed E-state index contributed by atoms with van der Waals surface area (Å²) >= 11 is 0. The van der Waals surface area contributed by atoms with Gasteiger partial charge >= 0.3 is 5.97 Å². The fourth-order valence-electron chi connectivity index (χ4n) is 1.54. The zero-order valence-corrected chi connectivity index (χ0v) is 9.82. The quantitative estimate of drug-likeness (QED) is 0.751. The van der Waals surface area contributed by atoms with Crippen LogP contribution in [0.2, 0.25) is 0 Å². The minimum atomic E-state index is -0.936. The number of rotatable bonds is 6. The van der Waals surface area contributed by atoms with Crippen LogP contribution in [0, 0.1) is 6.92 Å². The standard InChI is InChI=1S/C13H18O3/c1-3-4-5-9-16-12-10(2)7-6-8-11(12)13(14)15/h6-8H,3-5,9H2,1-2H3,(H,14,15). The number of carbonyl (C=O) groups is 1. The zero-order chi connectivity index (χ0) is 12.0. The molecule has 1 aromatic rings. The second-order valence-electron chi connectivity index (χ2n) is 3.81. The van der Waals surface area contributed by atoms with Crippen LogP contribution < -0.4 is 4.74 Å². The van der Waals surface area contributed by atoms with Gasteiger partial charge in [-0.15, -0.1) is 0 Å². The van der Waals surface area contributed by atoms with Gasteiger partial charge in [0.2, 0.25) is 0 Å². The van der Waals surface area contributed by atoms with E-state index in [0.717, 1.165) is 24.8 Å². The Balaban J connectivity index is 2.73. The summed E-state index contributed by atoms with van der Waals surface area (Å²) in [7, 11) is 0. The van der Waals surface area contributed by atoms with Gasteiger partial charge in [0.05, 0.1) is 6.61 Å². The Kier molecular flexibility index (Phi) is 4.83. The molecule has 0 aromatic heterocycles. The van der Waals surface area contributed by atoms with Crippen LogP contribution in [-0.4, -0.2) is 17.7 Å². The zero-order valence-electron chi connectivity index (χ0n) is 9.82. The van der Waals surface area contributed by atoms with Crippen molar-refractivity contribution < 1.29 is 14.6 Å². The maximum absolute atomic E-state index is 11.0. The Morgan fingerprint density at radius 1 is 1.38 bits per heavy atom. The van der Waals surface area contributed by atoms with Crippen molar-refractivity contribution in [3.63, 3.8) is 0 Å². The third-order valence-electron chi connectivity index (χ3n) is 2.44. The molecule has 88 valence electrons. The van der Waals surface area contributed by atoms with Gasteiger partial charge in [0.15, 0.2) is 0 Å². The first-order valence-corrected chi connectivity index (χ1v) is 5.62. The highest BCUT2D eigenvalue weighted by Gasteiger charge is 2.12. The molecule has 1 rings (SSSR count). The maximum Gasteiger partial charge on any atom is 0.339 e. The van der Waals surface area contributed by atoms with E-state index < -0.39 is 5.97 Å². The predicted octanol–water partition coefficient (Wildman–Crippen LogP) is 3.26. The van der Waals surface area contributed by atoms with Crippen LogP contribution in [0.3, 0.4) is 0 Å². The lowest BCUT2D eigenvalue weighted by Gasteiger charge is -2.11. The lowest BCUT2D eigenvalue weighted by atomic mass is 10.1. The van der Waals surface area contributed by atoms with E-state index in [0.29, 0.717) is 12.4 Å². The van der Waals surface area contributed by atoms with Gasteiger partial charge in [-0.25, -0.2) is 4.79 Å². The second-order valence-corrected chi connectivity index (χ2v) is 3.81. The highest BCUT2D eigenvalue weighted by molar-refractivity contribution is 5.91. The molecule has 0 saturated carbocycles. The average molecular weight is 222 g/mol. The van der Waals surface area contributed by atoms with Crippen LogP contribution >= 0.6 is 0 Å². The summed E-state index contributed by atoms with van der Waals surface area (Å²) in [5.74, 6) is -0.430. The fourth-order valence-corrected chi connectivity index (χ4v) is 1.54. The Morgan fingerprint density at radius 3 is 2.75 bits per heavy atom. The number of carboxylic acid groups (broad SMARTS) is 1. The van der Waals surface area contributed by atoms with Crippen molar-refractivity contribution in [2.45, 2.75) is 33.1 Å². The molecule has 3 heteroatoms. The average Bonchev–Trinajstić information content (AvgIpc) is 2.25. The molecule has 1 aromatic carbocycles. The smallest absolute Gasteiger partial charge is 0.339 e. The van der Waals surface area contributed by atoms with Gasteiger partial charge in [-0.05, 0) is 25.0 Å². The van der Waals surface area contributed by atoms with Crippen LogP contribution in [0.5, 0.6) is 5.75 Å². The van der Waals surface area contributed by atoms with Crippen molar-refractivity contribution in [3.05, 3.63) is 29.3 Å². The molecule has 0 atom stereocenters. The van der Waals surface area contributed by atoms with Gasteiger partial charge in [-0.3, -0.25) is 0 Å². The molecule has 0 aliphatic heterocycles. The third-order valence-corrected chi connectivity index (χ3v) is 2.44. The molecule has 0 spiro atoms. The van der Waals surface area contributed by atoms with Gasteiger partial charge < -0.3 is 9.84 Å². The van der Waals surface area contributed by atoms with Crippen LogP contribution in [0.25, 0.3) is 0 Å². The Bertz CT molecular complexity index is 358. The molecule has 1 N–H and O–H groups in total. The van der Waals surface area contributed by atoms with Gasteiger partial charge in [0, 0.05) is 0 Å². The lowest BCUT2D eigenvalue weighted by molar-refractivity contribution is 0.0692. The first kappa shape index (κ1) is 12.6. The van der Waals surface area contributed by atoms with E-state index >= 15 is 0 Å². The Morgan fingerprint density at radius 2 is 2.12 bits per heavy atom. The van der Waals surface area contributed by atoms with Crippen molar-refractivity contribution in [2.75, 3.05) is 6.61 Å². The van der Waals surface area contributed by atoms with Crippen LogP contribution in [0.1, 0.15) is 42.1 Å². The van der Waals surface area contributed by atoms with Crippen molar-refractivity contribution in [2.24, 2.45) is 0 Å². The minimum absolute atomic E-state index is 0.247. The van der Waals surface area contributed by atoms with Crippen molar-refractivity contribution in [1.82, 2.24) is 0 Å². The van der Waals surface area contributed by atoms with Gasteiger partial charge in [0.1, 0.15) is 11.3 Å². The number of aromatic carboxylic acids is 1. The number of hydrogen-bond donors (Lipinski definition) is 1. The van der Waals surface area contributed by atoms with E-state index in [1.165, 1.54) is 0 Å². The van der Waals surface area contributed by atoms with E-state index in [4.69, 9.17) is 9.84 Å². The van der Waals surface area contributed by atoms with E-state index in [1.807, 2.05) is 13.0 Å².